The van der Waals surface area contributed by atoms with E-state index in [4.69, 9.17) is 5.73 Å². The largest absolute Gasteiger partial charge is 0.404 e. The predicted molar refractivity (Wildman–Crippen MR) is 94.3 cm³/mol. The quantitative estimate of drug-likeness (QED) is 0.685. The second kappa shape index (κ2) is 6.18. The molecule has 0 amide bonds. The van der Waals surface area contributed by atoms with Crippen LogP contribution in [0, 0.1) is 5.92 Å². The van der Waals surface area contributed by atoms with Gasteiger partial charge in [0.1, 0.15) is 0 Å². The molecule has 0 radical (unpaired) electrons. The Hall–Kier alpha value is -2.36. The van der Waals surface area contributed by atoms with Gasteiger partial charge in [0, 0.05) is 37.8 Å². The van der Waals surface area contributed by atoms with Crippen LogP contribution in [0.25, 0.3) is 0 Å². The number of allylic oxidation sites excluding steroid dienone is 1. The Morgan fingerprint density at radius 1 is 1.45 bits per heavy atom. The molecular weight excluding hydrogens is 272 g/mol. The summed E-state index contributed by atoms with van der Waals surface area (Å²) in [7, 11) is 2.06. The highest BCUT2D eigenvalue weighted by Gasteiger charge is 2.23. The van der Waals surface area contributed by atoms with Gasteiger partial charge in [0.05, 0.1) is 17.4 Å². The summed E-state index contributed by atoms with van der Waals surface area (Å²) in [5.74, 6) is 0.654. The third-order valence-electron chi connectivity index (χ3n) is 4.33. The number of rotatable bonds is 4. The zero-order valence-corrected chi connectivity index (χ0v) is 12.9. The van der Waals surface area contributed by atoms with Crippen molar-refractivity contribution in [1.29, 1.82) is 0 Å². The van der Waals surface area contributed by atoms with E-state index >= 15 is 0 Å². The number of nitrogens with zero attached hydrogens (tertiary/aromatic N) is 3. The first-order valence-electron chi connectivity index (χ1n) is 7.63. The summed E-state index contributed by atoms with van der Waals surface area (Å²) in [6.45, 7) is 4.82. The Kier molecular flexibility index (Phi) is 4.09. The van der Waals surface area contributed by atoms with E-state index in [0.29, 0.717) is 5.92 Å². The molecule has 22 heavy (non-hydrogen) atoms. The molecule has 1 atom stereocenters. The van der Waals surface area contributed by atoms with E-state index in [1.165, 1.54) is 5.57 Å². The van der Waals surface area contributed by atoms with Crippen LogP contribution in [0.1, 0.15) is 12.8 Å². The lowest BCUT2D eigenvalue weighted by atomic mass is 9.81. The van der Waals surface area contributed by atoms with Gasteiger partial charge in [-0.3, -0.25) is 9.98 Å². The highest BCUT2D eigenvalue weighted by Crippen LogP contribution is 2.33. The fourth-order valence-corrected chi connectivity index (χ4v) is 2.99. The summed E-state index contributed by atoms with van der Waals surface area (Å²) >= 11 is 0. The minimum atomic E-state index is 0.0278. The van der Waals surface area contributed by atoms with Gasteiger partial charge < -0.3 is 10.6 Å². The number of benzene rings is 1. The Morgan fingerprint density at radius 2 is 2.23 bits per heavy atom. The average molecular weight is 294 g/mol. The lowest BCUT2D eigenvalue weighted by Gasteiger charge is -2.32. The lowest BCUT2D eigenvalue weighted by molar-refractivity contribution is 0.433. The van der Waals surface area contributed by atoms with Crippen molar-refractivity contribution in [1.82, 2.24) is 0 Å². The topological polar surface area (TPSA) is 54.0 Å². The minimum Gasteiger partial charge on any atom is -0.404 e. The van der Waals surface area contributed by atoms with Gasteiger partial charge in [-0.15, -0.1) is 0 Å². The normalized spacial score (nSPS) is 22.0. The fraction of sp³-hybridized carbons (Fsp3) is 0.333. The van der Waals surface area contributed by atoms with Crippen LogP contribution in [0.4, 0.5) is 11.4 Å². The number of hydrogen-bond donors (Lipinski definition) is 1. The van der Waals surface area contributed by atoms with Crippen molar-refractivity contribution in [2.24, 2.45) is 21.6 Å². The van der Waals surface area contributed by atoms with E-state index < -0.39 is 0 Å². The third kappa shape index (κ3) is 2.82. The zero-order valence-electron chi connectivity index (χ0n) is 12.9. The average Bonchev–Trinajstić information content (AvgIpc) is 2.51. The second-order valence-corrected chi connectivity index (χ2v) is 6.01. The van der Waals surface area contributed by atoms with Gasteiger partial charge in [-0.1, -0.05) is 24.3 Å². The van der Waals surface area contributed by atoms with E-state index in [0.717, 1.165) is 36.3 Å². The van der Waals surface area contributed by atoms with E-state index in [1.807, 2.05) is 30.6 Å². The number of nitrogens with two attached hydrogens (primary N) is 1. The summed E-state index contributed by atoms with van der Waals surface area (Å²) in [6.07, 6.45) is 7.67. The van der Waals surface area contributed by atoms with Crippen LogP contribution in [0.2, 0.25) is 0 Å². The number of anilines is 1. The first kappa shape index (κ1) is 14.6. The van der Waals surface area contributed by atoms with Gasteiger partial charge in [0.15, 0.2) is 0 Å². The molecule has 1 aliphatic carbocycles. The van der Waals surface area contributed by atoms with E-state index in [1.54, 1.807) is 6.20 Å². The summed E-state index contributed by atoms with van der Waals surface area (Å²) in [4.78, 5) is 11.3. The Morgan fingerprint density at radius 3 is 2.95 bits per heavy atom. The lowest BCUT2D eigenvalue weighted by Crippen LogP contribution is -2.37. The van der Waals surface area contributed by atoms with Crippen molar-refractivity contribution >= 4 is 23.8 Å². The second-order valence-electron chi connectivity index (χ2n) is 6.01. The smallest absolute Gasteiger partial charge is 0.0923 e. The molecule has 4 nitrogen and oxygen atoms in total. The van der Waals surface area contributed by atoms with Crippen molar-refractivity contribution < 1.29 is 0 Å². The molecule has 0 spiro atoms. The summed E-state index contributed by atoms with van der Waals surface area (Å²) in [5.41, 5.74) is 10.2. The maximum absolute atomic E-state index is 5.82. The molecule has 1 aromatic rings. The monoisotopic (exact) mass is 294 g/mol. The third-order valence-corrected chi connectivity index (χ3v) is 4.33. The number of fused-ring (bicyclic) bond motifs is 1. The van der Waals surface area contributed by atoms with E-state index in [9.17, 15) is 0 Å². The maximum atomic E-state index is 5.82. The van der Waals surface area contributed by atoms with E-state index in [-0.39, 0.29) is 6.04 Å². The first-order chi connectivity index (χ1) is 10.7. The highest BCUT2D eigenvalue weighted by atomic mass is 15.2. The number of hydrogen-bond acceptors (Lipinski definition) is 4. The molecular formula is C18H22N4. The van der Waals surface area contributed by atoms with Crippen molar-refractivity contribution in [2.45, 2.75) is 18.9 Å². The highest BCUT2D eigenvalue weighted by molar-refractivity contribution is 5.95. The molecule has 1 aliphatic heterocycles. The number of para-hydroxylation sites is 2. The van der Waals surface area contributed by atoms with Crippen LogP contribution < -0.4 is 10.6 Å². The molecule has 1 heterocycles. The van der Waals surface area contributed by atoms with Gasteiger partial charge in [-0.05, 0) is 30.9 Å². The number of likely N-dealkylation sites (N-methyl/N-ethyl adjacent to an activating group) is 1. The molecule has 0 saturated heterocycles. The van der Waals surface area contributed by atoms with Crippen molar-refractivity contribution in [3.8, 4) is 0 Å². The molecule has 0 bridgehead atoms. The van der Waals surface area contributed by atoms with Crippen LogP contribution in [0.5, 0.6) is 0 Å². The fourth-order valence-electron chi connectivity index (χ4n) is 2.99. The zero-order chi connectivity index (χ0) is 15.5. The summed E-state index contributed by atoms with van der Waals surface area (Å²) in [6, 6.07) is 8.14. The minimum absolute atomic E-state index is 0.0278. The summed E-state index contributed by atoms with van der Waals surface area (Å²) in [5, 5.41) is 0. The van der Waals surface area contributed by atoms with Gasteiger partial charge in [-0.2, -0.15) is 0 Å². The van der Waals surface area contributed by atoms with Gasteiger partial charge in [0.2, 0.25) is 0 Å². The van der Waals surface area contributed by atoms with Crippen LogP contribution in [0.15, 0.2) is 58.2 Å². The molecule has 2 N–H and O–H groups in total. The molecule has 1 saturated carbocycles. The predicted octanol–water partition coefficient (Wildman–Crippen LogP) is 3.09. The maximum Gasteiger partial charge on any atom is 0.0923 e. The molecule has 1 unspecified atom stereocenters. The van der Waals surface area contributed by atoms with Crippen molar-refractivity contribution in [2.75, 3.05) is 18.5 Å². The molecule has 1 fully saturated rings. The Bertz CT molecular complexity index is 649. The van der Waals surface area contributed by atoms with Crippen LogP contribution in [-0.2, 0) is 0 Å². The number of aliphatic imine (C=N–C) groups is 2. The van der Waals surface area contributed by atoms with Gasteiger partial charge in [-0.25, -0.2) is 0 Å². The van der Waals surface area contributed by atoms with Crippen LogP contribution in [-0.4, -0.2) is 32.1 Å². The molecule has 0 aromatic heterocycles. The SMILES string of the molecule is C=C1CC(CN=CC(=CN)C2C=Nc3ccccc3N2C)C1. The molecule has 114 valence electrons. The molecule has 1 aromatic carbocycles. The summed E-state index contributed by atoms with van der Waals surface area (Å²) < 4.78 is 0. The van der Waals surface area contributed by atoms with Crippen LogP contribution in [0.3, 0.4) is 0 Å². The Labute approximate surface area is 131 Å². The van der Waals surface area contributed by atoms with Crippen molar-refractivity contribution in [3.63, 3.8) is 0 Å². The molecule has 2 aliphatic rings. The van der Waals surface area contributed by atoms with Crippen molar-refractivity contribution in [3.05, 3.63) is 48.2 Å². The Balaban J connectivity index is 1.69. The first-order valence-corrected chi connectivity index (χ1v) is 7.63. The molecule has 4 heteroatoms. The van der Waals surface area contributed by atoms with Gasteiger partial charge in [0.25, 0.3) is 0 Å². The van der Waals surface area contributed by atoms with Gasteiger partial charge >= 0.3 is 0 Å². The van der Waals surface area contributed by atoms with E-state index in [2.05, 4.69) is 34.6 Å². The van der Waals surface area contributed by atoms with Crippen LogP contribution >= 0.6 is 0 Å². The standard InChI is InChI=1S/C18H22N4/c1-13-7-14(8-13)10-20-11-15(9-19)18-12-21-16-5-3-4-6-17(16)22(18)2/h3-6,9,11-12,14,18H,1,7-8,10,19H2,2H3. The molecule has 3 rings (SSSR count).